The van der Waals surface area contributed by atoms with Crippen LogP contribution >= 0.6 is 0 Å². The van der Waals surface area contributed by atoms with E-state index in [1.165, 1.54) is 19.2 Å². The number of aromatic nitrogens is 1. The Morgan fingerprint density at radius 3 is 2.57 bits per heavy atom. The second kappa shape index (κ2) is 7.70. The van der Waals surface area contributed by atoms with E-state index in [4.69, 9.17) is 0 Å². The molecule has 0 saturated carbocycles. The van der Waals surface area contributed by atoms with E-state index in [1.807, 2.05) is 12.1 Å². The molecular formula is C15H18N4O3S. The molecule has 2 amide bonds. The number of benzene rings is 1. The number of sulfonamides is 1. The van der Waals surface area contributed by atoms with Crippen molar-refractivity contribution in [1.29, 1.82) is 0 Å². The van der Waals surface area contributed by atoms with Crippen molar-refractivity contribution in [2.24, 2.45) is 0 Å². The molecule has 0 bridgehead atoms. The first kappa shape index (κ1) is 16.9. The Morgan fingerprint density at radius 1 is 1.09 bits per heavy atom. The largest absolute Gasteiger partial charge is 0.334 e. The Bertz CT molecular complexity index is 763. The quantitative estimate of drug-likeness (QED) is 0.733. The van der Waals surface area contributed by atoms with Gasteiger partial charge in [0.1, 0.15) is 0 Å². The maximum absolute atomic E-state index is 11.7. The molecule has 2 aromatic rings. The van der Waals surface area contributed by atoms with Crippen molar-refractivity contribution in [2.75, 3.05) is 7.05 Å². The van der Waals surface area contributed by atoms with Gasteiger partial charge in [-0.3, -0.25) is 4.98 Å². The van der Waals surface area contributed by atoms with Crippen LogP contribution in [0.5, 0.6) is 0 Å². The first-order valence-electron chi connectivity index (χ1n) is 6.95. The van der Waals surface area contributed by atoms with Gasteiger partial charge in [-0.1, -0.05) is 18.2 Å². The summed E-state index contributed by atoms with van der Waals surface area (Å²) in [6.07, 6.45) is 1.66. The summed E-state index contributed by atoms with van der Waals surface area (Å²) in [5.74, 6) is 0. The van der Waals surface area contributed by atoms with Crippen LogP contribution in [0.25, 0.3) is 0 Å². The lowest BCUT2D eigenvalue weighted by atomic mass is 10.2. The Kier molecular flexibility index (Phi) is 5.67. The van der Waals surface area contributed by atoms with Crippen molar-refractivity contribution in [3.63, 3.8) is 0 Å². The maximum atomic E-state index is 11.7. The molecule has 0 atom stereocenters. The lowest BCUT2D eigenvalue weighted by molar-refractivity contribution is 0.240. The molecule has 1 heterocycles. The van der Waals surface area contributed by atoms with Gasteiger partial charge in [-0.05, 0) is 36.9 Å². The predicted octanol–water partition coefficient (Wildman–Crippen LogP) is 0.989. The van der Waals surface area contributed by atoms with E-state index >= 15 is 0 Å². The average molecular weight is 334 g/mol. The molecule has 1 aromatic heterocycles. The van der Waals surface area contributed by atoms with Gasteiger partial charge in [0.15, 0.2) is 0 Å². The Labute approximate surface area is 135 Å². The number of hydrogen-bond donors (Lipinski definition) is 3. The fraction of sp³-hybridized carbons (Fsp3) is 0.200. The monoisotopic (exact) mass is 334 g/mol. The SMILES string of the molecule is CNS(=O)(=O)c1cccc(CNC(=O)NCc2ccccn2)c1. The number of carbonyl (C=O) groups is 1. The van der Waals surface area contributed by atoms with Crippen LogP contribution in [-0.4, -0.2) is 26.5 Å². The molecule has 0 radical (unpaired) electrons. The molecule has 0 aliphatic carbocycles. The normalized spacial score (nSPS) is 11.0. The minimum Gasteiger partial charge on any atom is -0.334 e. The van der Waals surface area contributed by atoms with Gasteiger partial charge in [0.2, 0.25) is 10.0 Å². The molecule has 0 spiro atoms. The fourth-order valence-corrected chi connectivity index (χ4v) is 2.66. The molecule has 1 aromatic carbocycles. The molecule has 3 N–H and O–H groups in total. The van der Waals surface area contributed by atoms with E-state index in [0.717, 1.165) is 5.69 Å². The minimum absolute atomic E-state index is 0.160. The second-order valence-electron chi connectivity index (χ2n) is 4.71. The highest BCUT2D eigenvalue weighted by molar-refractivity contribution is 7.89. The van der Waals surface area contributed by atoms with E-state index in [1.54, 1.807) is 24.4 Å². The molecule has 8 heteroatoms. The van der Waals surface area contributed by atoms with E-state index < -0.39 is 10.0 Å². The third-order valence-corrected chi connectivity index (χ3v) is 4.50. The van der Waals surface area contributed by atoms with Gasteiger partial charge in [0.25, 0.3) is 0 Å². The highest BCUT2D eigenvalue weighted by atomic mass is 32.2. The molecule has 0 saturated heterocycles. The van der Waals surface area contributed by atoms with Crippen molar-refractivity contribution >= 4 is 16.1 Å². The first-order chi connectivity index (χ1) is 11.0. The molecule has 0 unspecified atom stereocenters. The highest BCUT2D eigenvalue weighted by Crippen LogP contribution is 2.10. The van der Waals surface area contributed by atoms with E-state index in [-0.39, 0.29) is 17.5 Å². The Morgan fingerprint density at radius 2 is 1.87 bits per heavy atom. The van der Waals surface area contributed by atoms with Crippen LogP contribution in [0.3, 0.4) is 0 Å². The fourth-order valence-electron chi connectivity index (χ4n) is 1.86. The van der Waals surface area contributed by atoms with Gasteiger partial charge < -0.3 is 10.6 Å². The predicted molar refractivity (Wildman–Crippen MR) is 86.0 cm³/mol. The summed E-state index contributed by atoms with van der Waals surface area (Å²) in [6, 6.07) is 11.5. The topological polar surface area (TPSA) is 100 Å². The van der Waals surface area contributed by atoms with Crippen LogP contribution in [0.4, 0.5) is 4.79 Å². The number of amides is 2. The molecule has 7 nitrogen and oxygen atoms in total. The van der Waals surface area contributed by atoms with Gasteiger partial charge in [0, 0.05) is 12.7 Å². The van der Waals surface area contributed by atoms with Crippen LogP contribution in [0.2, 0.25) is 0 Å². The standard InChI is InChI=1S/C15H18N4O3S/c1-16-23(21,22)14-7-4-5-12(9-14)10-18-15(20)19-11-13-6-2-3-8-17-13/h2-9,16H,10-11H2,1H3,(H2,18,19,20). The third kappa shape index (κ3) is 5.04. The summed E-state index contributed by atoms with van der Waals surface area (Å²) in [5.41, 5.74) is 1.44. The highest BCUT2D eigenvalue weighted by Gasteiger charge is 2.11. The number of pyridine rings is 1. The number of hydrogen-bond acceptors (Lipinski definition) is 4. The van der Waals surface area contributed by atoms with E-state index in [0.29, 0.717) is 12.1 Å². The van der Waals surface area contributed by atoms with Crippen molar-refractivity contribution in [3.05, 3.63) is 59.9 Å². The van der Waals surface area contributed by atoms with Gasteiger partial charge in [-0.15, -0.1) is 0 Å². The summed E-state index contributed by atoms with van der Waals surface area (Å²) in [6.45, 7) is 0.544. The number of carbonyl (C=O) groups excluding carboxylic acids is 1. The van der Waals surface area contributed by atoms with Crippen molar-refractivity contribution < 1.29 is 13.2 Å². The number of urea groups is 1. The summed E-state index contributed by atoms with van der Waals surface area (Å²) in [4.78, 5) is 16.0. The molecule has 0 aliphatic heterocycles. The zero-order chi connectivity index (χ0) is 16.7. The van der Waals surface area contributed by atoms with E-state index in [2.05, 4.69) is 20.3 Å². The number of nitrogens with one attached hydrogen (secondary N) is 3. The van der Waals surface area contributed by atoms with Crippen LogP contribution in [-0.2, 0) is 23.1 Å². The lowest BCUT2D eigenvalue weighted by Crippen LogP contribution is -2.34. The van der Waals surface area contributed by atoms with Crippen molar-refractivity contribution in [1.82, 2.24) is 20.3 Å². The van der Waals surface area contributed by atoms with Gasteiger partial charge in [0.05, 0.1) is 17.1 Å². The van der Waals surface area contributed by atoms with Crippen LogP contribution in [0.1, 0.15) is 11.3 Å². The third-order valence-electron chi connectivity index (χ3n) is 3.09. The van der Waals surface area contributed by atoms with E-state index in [9.17, 15) is 13.2 Å². The summed E-state index contributed by atoms with van der Waals surface area (Å²) < 4.78 is 25.7. The van der Waals surface area contributed by atoms with Gasteiger partial charge in [-0.2, -0.15) is 0 Å². The molecular weight excluding hydrogens is 316 g/mol. The van der Waals surface area contributed by atoms with Crippen LogP contribution in [0, 0.1) is 0 Å². The zero-order valence-corrected chi connectivity index (χ0v) is 13.4. The maximum Gasteiger partial charge on any atom is 0.315 e. The molecule has 0 aliphatic rings. The summed E-state index contributed by atoms with van der Waals surface area (Å²) >= 11 is 0. The smallest absolute Gasteiger partial charge is 0.315 e. The van der Waals surface area contributed by atoms with Crippen LogP contribution in [0.15, 0.2) is 53.6 Å². The molecule has 23 heavy (non-hydrogen) atoms. The molecule has 2 rings (SSSR count). The minimum atomic E-state index is -3.49. The van der Waals surface area contributed by atoms with Gasteiger partial charge >= 0.3 is 6.03 Å². The Hall–Kier alpha value is -2.45. The van der Waals surface area contributed by atoms with Gasteiger partial charge in [-0.25, -0.2) is 17.9 Å². The van der Waals surface area contributed by atoms with Crippen LogP contribution < -0.4 is 15.4 Å². The average Bonchev–Trinajstić information content (AvgIpc) is 2.59. The summed E-state index contributed by atoms with van der Waals surface area (Å²) in [7, 11) is -2.14. The first-order valence-corrected chi connectivity index (χ1v) is 8.43. The van der Waals surface area contributed by atoms with Crippen molar-refractivity contribution in [3.8, 4) is 0 Å². The second-order valence-corrected chi connectivity index (χ2v) is 6.60. The number of rotatable bonds is 6. The lowest BCUT2D eigenvalue weighted by Gasteiger charge is -2.09. The molecule has 0 fully saturated rings. The summed E-state index contributed by atoms with van der Waals surface area (Å²) in [5, 5.41) is 5.35. The molecule has 122 valence electrons. The Balaban J connectivity index is 1.88. The van der Waals surface area contributed by atoms with Crippen molar-refractivity contribution in [2.45, 2.75) is 18.0 Å². The zero-order valence-electron chi connectivity index (χ0n) is 12.6. The number of nitrogens with zero attached hydrogens (tertiary/aromatic N) is 1.